The second kappa shape index (κ2) is 13.4. The Morgan fingerprint density at radius 2 is 1.55 bits per heavy atom. The molecule has 0 spiro atoms. The van der Waals surface area contributed by atoms with Crippen LogP contribution in [0.15, 0.2) is 0 Å². The van der Waals surface area contributed by atoms with Crippen LogP contribution in [0.5, 0.6) is 0 Å². The fraction of sp³-hybridized carbons (Fsp3) is 0.941. The molecule has 1 unspecified atom stereocenters. The molecule has 1 amide bonds. The Morgan fingerprint density at radius 3 is 2.10 bits per heavy atom. The Balaban J connectivity index is 3.92. The standard InChI is InChI=1S/C17H35NO2/c1-5-7-9-10-13-17(12-8-6-2)14-11-15-18(20-4)16(3)19/h17H,5-15H2,1-4H3. The Labute approximate surface area is 126 Å². The predicted molar refractivity (Wildman–Crippen MR) is 85.4 cm³/mol. The van der Waals surface area contributed by atoms with Crippen molar-refractivity contribution in [3.63, 3.8) is 0 Å². The number of hydroxylamine groups is 2. The van der Waals surface area contributed by atoms with Crippen LogP contribution in [0.25, 0.3) is 0 Å². The van der Waals surface area contributed by atoms with Crippen LogP contribution in [0, 0.1) is 5.92 Å². The lowest BCUT2D eigenvalue weighted by Gasteiger charge is -2.20. The van der Waals surface area contributed by atoms with Crippen molar-refractivity contribution in [1.82, 2.24) is 5.06 Å². The molecule has 120 valence electrons. The third-order valence-electron chi connectivity index (χ3n) is 3.98. The number of amides is 1. The highest BCUT2D eigenvalue weighted by atomic mass is 16.7. The molecule has 20 heavy (non-hydrogen) atoms. The molecule has 0 heterocycles. The van der Waals surface area contributed by atoms with E-state index in [1.54, 1.807) is 14.0 Å². The van der Waals surface area contributed by atoms with Crippen LogP contribution in [0.2, 0.25) is 0 Å². The molecule has 3 heteroatoms. The maximum Gasteiger partial charge on any atom is 0.242 e. The minimum atomic E-state index is 0.000513. The van der Waals surface area contributed by atoms with Gasteiger partial charge in [-0.1, -0.05) is 65.2 Å². The molecule has 0 fully saturated rings. The lowest BCUT2D eigenvalue weighted by Crippen LogP contribution is -2.28. The quantitative estimate of drug-likeness (QED) is 0.354. The number of hydrogen-bond donors (Lipinski definition) is 0. The monoisotopic (exact) mass is 285 g/mol. The van der Waals surface area contributed by atoms with E-state index >= 15 is 0 Å². The van der Waals surface area contributed by atoms with Gasteiger partial charge in [-0.2, -0.15) is 0 Å². The Kier molecular flexibility index (Phi) is 13.0. The van der Waals surface area contributed by atoms with Crippen LogP contribution in [0.1, 0.15) is 85.0 Å². The van der Waals surface area contributed by atoms with Crippen molar-refractivity contribution in [1.29, 1.82) is 0 Å². The summed E-state index contributed by atoms with van der Waals surface area (Å²) in [6.07, 6.45) is 13.0. The molecular weight excluding hydrogens is 250 g/mol. The van der Waals surface area contributed by atoms with Crippen molar-refractivity contribution in [2.45, 2.75) is 85.0 Å². The zero-order chi connectivity index (χ0) is 15.2. The normalized spacial score (nSPS) is 12.4. The van der Waals surface area contributed by atoms with Crippen molar-refractivity contribution >= 4 is 5.91 Å². The van der Waals surface area contributed by atoms with Gasteiger partial charge in [0.05, 0.1) is 7.11 Å². The van der Waals surface area contributed by atoms with Crippen molar-refractivity contribution in [3.8, 4) is 0 Å². The summed E-state index contributed by atoms with van der Waals surface area (Å²) in [5, 5.41) is 1.47. The number of carbonyl (C=O) groups is 1. The van der Waals surface area contributed by atoms with Crippen LogP contribution in [0.3, 0.4) is 0 Å². The number of unbranched alkanes of at least 4 members (excludes halogenated alkanes) is 4. The summed E-state index contributed by atoms with van der Waals surface area (Å²) < 4.78 is 0. The Morgan fingerprint density at radius 1 is 0.950 bits per heavy atom. The fourth-order valence-electron chi connectivity index (χ4n) is 2.69. The number of nitrogens with zero attached hydrogens (tertiary/aromatic N) is 1. The minimum Gasteiger partial charge on any atom is -0.274 e. The molecule has 3 nitrogen and oxygen atoms in total. The third-order valence-corrected chi connectivity index (χ3v) is 3.98. The molecule has 0 aliphatic rings. The van der Waals surface area contributed by atoms with Gasteiger partial charge in [-0.15, -0.1) is 0 Å². The van der Waals surface area contributed by atoms with Crippen molar-refractivity contribution in [2.75, 3.05) is 13.7 Å². The molecule has 0 aromatic heterocycles. The third kappa shape index (κ3) is 10.2. The van der Waals surface area contributed by atoms with Crippen molar-refractivity contribution < 1.29 is 9.63 Å². The Bertz CT molecular complexity index is 231. The summed E-state index contributed by atoms with van der Waals surface area (Å²) in [6.45, 7) is 6.80. The summed E-state index contributed by atoms with van der Waals surface area (Å²) in [4.78, 5) is 16.3. The van der Waals surface area contributed by atoms with Gasteiger partial charge >= 0.3 is 0 Å². The highest BCUT2D eigenvalue weighted by Gasteiger charge is 2.11. The molecule has 0 radical (unpaired) electrons. The van der Waals surface area contributed by atoms with Crippen LogP contribution in [-0.4, -0.2) is 24.6 Å². The maximum absolute atomic E-state index is 11.3. The SMILES string of the molecule is CCCCCCC(CCCC)CCCN(OC)C(C)=O. The first kappa shape index (κ1) is 19.4. The van der Waals surface area contributed by atoms with Crippen molar-refractivity contribution in [3.05, 3.63) is 0 Å². The second-order valence-corrected chi connectivity index (χ2v) is 5.80. The maximum atomic E-state index is 11.3. The molecule has 0 aromatic rings. The number of rotatable bonds is 13. The molecule has 0 aliphatic heterocycles. The van der Waals surface area contributed by atoms with E-state index in [0.717, 1.165) is 18.9 Å². The van der Waals surface area contributed by atoms with Gasteiger partial charge in [-0.05, 0) is 18.8 Å². The molecule has 0 aromatic carbocycles. The first-order chi connectivity index (χ1) is 9.65. The largest absolute Gasteiger partial charge is 0.274 e. The van der Waals surface area contributed by atoms with Gasteiger partial charge in [-0.3, -0.25) is 9.63 Å². The highest BCUT2D eigenvalue weighted by molar-refractivity contribution is 5.71. The molecule has 0 N–H and O–H groups in total. The van der Waals surface area contributed by atoms with E-state index in [2.05, 4.69) is 13.8 Å². The minimum absolute atomic E-state index is 0.000513. The zero-order valence-corrected chi connectivity index (χ0v) is 14.1. The van der Waals surface area contributed by atoms with E-state index < -0.39 is 0 Å². The average molecular weight is 285 g/mol. The predicted octanol–water partition coefficient (Wildman–Crippen LogP) is 4.95. The van der Waals surface area contributed by atoms with Crippen LogP contribution in [0.4, 0.5) is 0 Å². The molecule has 0 saturated heterocycles. The first-order valence-corrected chi connectivity index (χ1v) is 8.47. The summed E-state index contributed by atoms with van der Waals surface area (Å²) in [6, 6.07) is 0. The van der Waals surface area contributed by atoms with Gasteiger partial charge in [0.1, 0.15) is 0 Å². The van der Waals surface area contributed by atoms with Gasteiger partial charge in [0.15, 0.2) is 0 Å². The van der Waals surface area contributed by atoms with Gasteiger partial charge in [0.25, 0.3) is 0 Å². The van der Waals surface area contributed by atoms with Gasteiger partial charge in [0, 0.05) is 13.5 Å². The molecule has 0 saturated carbocycles. The summed E-state index contributed by atoms with van der Waals surface area (Å²) >= 11 is 0. The first-order valence-electron chi connectivity index (χ1n) is 8.47. The van der Waals surface area contributed by atoms with Gasteiger partial charge < -0.3 is 0 Å². The summed E-state index contributed by atoms with van der Waals surface area (Å²) in [5.41, 5.74) is 0. The fourth-order valence-corrected chi connectivity index (χ4v) is 2.69. The van der Waals surface area contributed by atoms with Gasteiger partial charge in [0.2, 0.25) is 5.91 Å². The van der Waals surface area contributed by atoms with Crippen LogP contribution >= 0.6 is 0 Å². The summed E-state index contributed by atoms with van der Waals surface area (Å²) in [5.74, 6) is 0.832. The molecule has 0 rings (SSSR count). The molecule has 1 atom stereocenters. The van der Waals surface area contributed by atoms with Gasteiger partial charge in [-0.25, -0.2) is 5.06 Å². The van der Waals surface area contributed by atoms with Crippen LogP contribution < -0.4 is 0 Å². The highest BCUT2D eigenvalue weighted by Crippen LogP contribution is 2.22. The smallest absolute Gasteiger partial charge is 0.242 e. The Hall–Kier alpha value is -0.570. The van der Waals surface area contributed by atoms with E-state index in [4.69, 9.17) is 4.84 Å². The van der Waals surface area contributed by atoms with E-state index in [-0.39, 0.29) is 5.91 Å². The lowest BCUT2D eigenvalue weighted by atomic mass is 9.91. The zero-order valence-electron chi connectivity index (χ0n) is 14.1. The average Bonchev–Trinajstić information content (AvgIpc) is 2.44. The number of carbonyl (C=O) groups excluding carboxylic acids is 1. The van der Waals surface area contributed by atoms with E-state index in [1.807, 2.05) is 0 Å². The summed E-state index contributed by atoms with van der Waals surface area (Å²) in [7, 11) is 1.57. The molecule has 0 aliphatic carbocycles. The van der Waals surface area contributed by atoms with Crippen LogP contribution in [-0.2, 0) is 9.63 Å². The van der Waals surface area contributed by atoms with E-state index in [0.29, 0.717) is 0 Å². The topological polar surface area (TPSA) is 29.5 Å². The van der Waals surface area contributed by atoms with E-state index in [1.165, 1.54) is 62.9 Å². The van der Waals surface area contributed by atoms with E-state index in [9.17, 15) is 4.79 Å². The van der Waals surface area contributed by atoms with Crippen molar-refractivity contribution in [2.24, 2.45) is 5.92 Å². The second-order valence-electron chi connectivity index (χ2n) is 5.80. The lowest BCUT2D eigenvalue weighted by molar-refractivity contribution is -0.173. The molecular formula is C17H35NO2. The number of hydrogen-bond acceptors (Lipinski definition) is 2. The molecule has 0 bridgehead atoms.